The summed E-state index contributed by atoms with van der Waals surface area (Å²) >= 11 is 0. The number of carbonyl (C=O) groups excluding carboxylic acids is 1. The van der Waals surface area contributed by atoms with Crippen LogP contribution in [0.3, 0.4) is 0 Å². The molecular weight excluding hydrogens is 202 g/mol. The molecule has 1 unspecified atom stereocenters. The summed E-state index contributed by atoms with van der Waals surface area (Å²) in [6.45, 7) is 3.85. The Balaban J connectivity index is 2.76. The molecule has 0 spiro atoms. The second kappa shape index (κ2) is 5.12. The van der Waals surface area contributed by atoms with E-state index in [1.165, 1.54) is 0 Å². The molecule has 0 heterocycles. The lowest BCUT2D eigenvalue weighted by Gasteiger charge is -2.29. The van der Waals surface area contributed by atoms with E-state index in [-0.39, 0.29) is 5.91 Å². The van der Waals surface area contributed by atoms with Crippen molar-refractivity contribution in [1.29, 1.82) is 0 Å². The van der Waals surface area contributed by atoms with Crippen molar-refractivity contribution in [3.63, 3.8) is 0 Å². The van der Waals surface area contributed by atoms with Gasteiger partial charge in [0.15, 0.2) is 0 Å². The van der Waals surface area contributed by atoms with Gasteiger partial charge in [0.05, 0.1) is 6.54 Å². The molecule has 1 rings (SSSR count). The Labute approximate surface area is 96.7 Å². The zero-order chi connectivity index (χ0) is 12.2. The lowest BCUT2D eigenvalue weighted by Crippen LogP contribution is -2.39. The highest BCUT2D eigenvalue weighted by Gasteiger charge is 2.26. The summed E-state index contributed by atoms with van der Waals surface area (Å²) in [4.78, 5) is 13.0. The van der Waals surface area contributed by atoms with Crippen LogP contribution in [-0.4, -0.2) is 29.5 Å². The molecule has 0 aliphatic carbocycles. The van der Waals surface area contributed by atoms with Crippen molar-refractivity contribution in [3.05, 3.63) is 35.9 Å². The first-order chi connectivity index (χ1) is 7.47. The number of carbonyl (C=O) groups is 1. The highest BCUT2D eigenvalue weighted by atomic mass is 16.3. The maximum absolute atomic E-state index is 11.4. The Hall–Kier alpha value is -1.35. The van der Waals surface area contributed by atoms with Gasteiger partial charge in [-0.15, -0.1) is 0 Å². The Bertz CT molecular complexity index is 346. The molecule has 1 aromatic carbocycles. The van der Waals surface area contributed by atoms with Gasteiger partial charge < -0.3 is 10.0 Å². The molecule has 0 radical (unpaired) electrons. The molecule has 0 fully saturated rings. The van der Waals surface area contributed by atoms with E-state index in [0.29, 0.717) is 13.0 Å². The molecule has 16 heavy (non-hydrogen) atoms. The van der Waals surface area contributed by atoms with Crippen LogP contribution in [0.4, 0.5) is 0 Å². The number of hydrogen-bond donors (Lipinski definition) is 1. The predicted molar refractivity (Wildman–Crippen MR) is 63.9 cm³/mol. The van der Waals surface area contributed by atoms with Crippen molar-refractivity contribution >= 4 is 5.91 Å². The summed E-state index contributed by atoms with van der Waals surface area (Å²) in [5, 5.41) is 10.3. The highest BCUT2D eigenvalue weighted by Crippen LogP contribution is 2.21. The SMILES string of the molecule is CCC(=O)N(C)CC(C)(O)c1ccccc1. The molecule has 0 aromatic heterocycles. The second-order valence-electron chi connectivity index (χ2n) is 4.24. The number of rotatable bonds is 4. The first kappa shape index (κ1) is 12.7. The number of hydrogen-bond acceptors (Lipinski definition) is 2. The zero-order valence-corrected chi connectivity index (χ0v) is 10.1. The molecule has 0 bridgehead atoms. The molecule has 0 saturated carbocycles. The van der Waals surface area contributed by atoms with E-state index in [1.807, 2.05) is 37.3 Å². The quantitative estimate of drug-likeness (QED) is 0.841. The summed E-state index contributed by atoms with van der Waals surface area (Å²) in [5.74, 6) is 0.0382. The van der Waals surface area contributed by atoms with Crippen molar-refractivity contribution in [2.45, 2.75) is 25.9 Å². The molecule has 88 valence electrons. The van der Waals surface area contributed by atoms with E-state index in [2.05, 4.69) is 0 Å². The van der Waals surface area contributed by atoms with Gasteiger partial charge >= 0.3 is 0 Å². The normalized spacial score (nSPS) is 14.2. The number of aliphatic hydroxyl groups is 1. The van der Waals surface area contributed by atoms with Crippen LogP contribution in [0.1, 0.15) is 25.8 Å². The van der Waals surface area contributed by atoms with Gasteiger partial charge in [-0.3, -0.25) is 4.79 Å². The maximum Gasteiger partial charge on any atom is 0.222 e. The molecule has 3 nitrogen and oxygen atoms in total. The molecule has 0 aliphatic rings. The minimum absolute atomic E-state index is 0.0382. The number of nitrogens with zero attached hydrogens (tertiary/aromatic N) is 1. The number of amides is 1. The minimum atomic E-state index is -0.999. The monoisotopic (exact) mass is 221 g/mol. The second-order valence-corrected chi connectivity index (χ2v) is 4.24. The van der Waals surface area contributed by atoms with E-state index in [0.717, 1.165) is 5.56 Å². The standard InChI is InChI=1S/C13H19NO2/c1-4-12(15)14(3)10-13(2,16)11-8-6-5-7-9-11/h5-9,16H,4,10H2,1-3H3. The first-order valence-electron chi connectivity index (χ1n) is 5.49. The predicted octanol–water partition coefficient (Wildman–Crippen LogP) is 1.76. The molecule has 0 aliphatic heterocycles. The van der Waals surface area contributed by atoms with Gasteiger partial charge in [-0.05, 0) is 12.5 Å². The van der Waals surface area contributed by atoms with E-state index < -0.39 is 5.60 Å². The van der Waals surface area contributed by atoms with Gasteiger partial charge in [-0.25, -0.2) is 0 Å². The highest BCUT2D eigenvalue weighted by molar-refractivity contribution is 5.75. The van der Waals surface area contributed by atoms with Crippen LogP contribution in [0, 0.1) is 0 Å². The average molecular weight is 221 g/mol. The molecule has 3 heteroatoms. The van der Waals surface area contributed by atoms with E-state index in [1.54, 1.807) is 18.9 Å². The van der Waals surface area contributed by atoms with Crippen LogP contribution in [0.25, 0.3) is 0 Å². The Morgan fingerprint density at radius 2 is 1.94 bits per heavy atom. The van der Waals surface area contributed by atoms with Crippen molar-refractivity contribution < 1.29 is 9.90 Å². The fraction of sp³-hybridized carbons (Fsp3) is 0.462. The van der Waals surface area contributed by atoms with Gasteiger partial charge in [-0.1, -0.05) is 37.3 Å². The minimum Gasteiger partial charge on any atom is -0.384 e. The topological polar surface area (TPSA) is 40.5 Å². The fourth-order valence-corrected chi connectivity index (χ4v) is 1.71. The van der Waals surface area contributed by atoms with Gasteiger partial charge in [-0.2, -0.15) is 0 Å². The third kappa shape index (κ3) is 3.07. The van der Waals surface area contributed by atoms with Gasteiger partial charge in [0.2, 0.25) is 5.91 Å². The summed E-state index contributed by atoms with van der Waals surface area (Å²) in [6.07, 6.45) is 0.460. The Morgan fingerprint density at radius 1 is 1.38 bits per heavy atom. The molecular formula is C13H19NO2. The van der Waals surface area contributed by atoms with Crippen molar-refractivity contribution in [2.24, 2.45) is 0 Å². The van der Waals surface area contributed by atoms with Crippen LogP contribution < -0.4 is 0 Å². The van der Waals surface area contributed by atoms with E-state index >= 15 is 0 Å². The van der Waals surface area contributed by atoms with Crippen LogP contribution in [0.5, 0.6) is 0 Å². The summed E-state index contributed by atoms with van der Waals surface area (Å²) < 4.78 is 0. The lowest BCUT2D eigenvalue weighted by molar-refractivity contribution is -0.132. The Kier molecular flexibility index (Phi) is 4.07. The number of benzene rings is 1. The van der Waals surface area contributed by atoms with E-state index in [4.69, 9.17) is 0 Å². The summed E-state index contributed by atoms with van der Waals surface area (Å²) in [5.41, 5.74) is -0.174. The summed E-state index contributed by atoms with van der Waals surface area (Å²) in [7, 11) is 1.71. The van der Waals surface area contributed by atoms with Crippen LogP contribution >= 0.6 is 0 Å². The van der Waals surface area contributed by atoms with Gasteiger partial charge in [0.25, 0.3) is 0 Å². The maximum atomic E-state index is 11.4. The molecule has 1 atom stereocenters. The van der Waals surface area contributed by atoms with Gasteiger partial charge in [0, 0.05) is 13.5 Å². The molecule has 1 aromatic rings. The number of likely N-dealkylation sites (N-methyl/N-ethyl adjacent to an activating group) is 1. The van der Waals surface area contributed by atoms with Crippen LogP contribution in [-0.2, 0) is 10.4 Å². The average Bonchev–Trinajstić information content (AvgIpc) is 2.28. The van der Waals surface area contributed by atoms with Crippen molar-refractivity contribution in [2.75, 3.05) is 13.6 Å². The fourth-order valence-electron chi connectivity index (χ4n) is 1.71. The van der Waals surface area contributed by atoms with Gasteiger partial charge in [0.1, 0.15) is 5.60 Å². The largest absolute Gasteiger partial charge is 0.384 e. The summed E-state index contributed by atoms with van der Waals surface area (Å²) in [6, 6.07) is 9.39. The van der Waals surface area contributed by atoms with Crippen molar-refractivity contribution in [3.8, 4) is 0 Å². The smallest absolute Gasteiger partial charge is 0.222 e. The van der Waals surface area contributed by atoms with E-state index in [9.17, 15) is 9.90 Å². The van der Waals surface area contributed by atoms with Crippen LogP contribution in [0.15, 0.2) is 30.3 Å². The van der Waals surface area contributed by atoms with Crippen molar-refractivity contribution in [1.82, 2.24) is 4.90 Å². The molecule has 1 amide bonds. The first-order valence-corrected chi connectivity index (χ1v) is 5.49. The Morgan fingerprint density at radius 3 is 2.44 bits per heavy atom. The third-order valence-corrected chi connectivity index (χ3v) is 2.67. The zero-order valence-electron chi connectivity index (χ0n) is 10.1. The molecule has 0 saturated heterocycles. The third-order valence-electron chi connectivity index (χ3n) is 2.67. The lowest BCUT2D eigenvalue weighted by atomic mass is 9.95. The van der Waals surface area contributed by atoms with Crippen LogP contribution in [0.2, 0.25) is 0 Å². The molecule has 1 N–H and O–H groups in total.